The van der Waals surface area contributed by atoms with Crippen molar-refractivity contribution in [3.63, 3.8) is 0 Å². The number of hydrogen-bond donors (Lipinski definition) is 1. The molecule has 4 nitrogen and oxygen atoms in total. The Morgan fingerprint density at radius 3 is 2.56 bits per heavy atom. The minimum absolute atomic E-state index is 0.0723. The van der Waals surface area contributed by atoms with Gasteiger partial charge in [-0.3, -0.25) is 9.59 Å². The van der Waals surface area contributed by atoms with Crippen molar-refractivity contribution in [2.24, 2.45) is 0 Å². The van der Waals surface area contributed by atoms with Gasteiger partial charge in [0.25, 0.3) is 5.91 Å². The summed E-state index contributed by atoms with van der Waals surface area (Å²) in [5.41, 5.74) is 1.67. The number of hydrogen-bond acceptors (Lipinski definition) is 4. The number of nitrogens with one attached hydrogen (secondary N) is 1. The zero-order valence-corrected chi connectivity index (χ0v) is 15.0. The molecule has 3 rings (SSSR count). The van der Waals surface area contributed by atoms with E-state index in [4.69, 9.17) is 4.74 Å². The van der Waals surface area contributed by atoms with Gasteiger partial charge in [-0.25, -0.2) is 0 Å². The molecule has 130 valence electrons. The number of ether oxygens (including phenoxy) is 1. The Morgan fingerprint density at radius 2 is 1.84 bits per heavy atom. The molecule has 1 saturated heterocycles. The van der Waals surface area contributed by atoms with E-state index < -0.39 is 0 Å². The summed E-state index contributed by atoms with van der Waals surface area (Å²) in [6.07, 6.45) is 2.45. The van der Waals surface area contributed by atoms with Crippen molar-refractivity contribution in [3.05, 3.63) is 59.7 Å². The monoisotopic (exact) mass is 355 g/mol. The van der Waals surface area contributed by atoms with E-state index in [-0.39, 0.29) is 17.8 Å². The molecule has 1 amide bonds. The number of ketones is 1. The van der Waals surface area contributed by atoms with Crippen LogP contribution in [-0.2, 0) is 4.74 Å². The molecule has 0 radical (unpaired) electrons. The summed E-state index contributed by atoms with van der Waals surface area (Å²) in [6, 6.07) is 14.6. The Morgan fingerprint density at radius 1 is 1.12 bits per heavy atom. The predicted molar refractivity (Wildman–Crippen MR) is 101 cm³/mol. The summed E-state index contributed by atoms with van der Waals surface area (Å²) in [6.45, 7) is 2.32. The van der Waals surface area contributed by atoms with Crippen molar-refractivity contribution in [2.45, 2.75) is 30.8 Å². The molecule has 1 heterocycles. The van der Waals surface area contributed by atoms with Crippen LogP contribution in [0.3, 0.4) is 0 Å². The summed E-state index contributed by atoms with van der Waals surface area (Å²) < 4.78 is 5.65. The van der Waals surface area contributed by atoms with Crippen molar-refractivity contribution in [1.82, 2.24) is 0 Å². The third kappa shape index (κ3) is 4.50. The number of benzene rings is 2. The number of thioether (sulfide) groups is 1. The lowest BCUT2D eigenvalue weighted by Crippen LogP contribution is -2.15. The lowest BCUT2D eigenvalue weighted by atomic mass is 10.1. The number of Topliss-reactive ketones (excluding diaryl/α,β-unsaturated/α-hetero) is 1. The molecule has 0 spiro atoms. The molecule has 1 N–H and O–H groups in total. The van der Waals surface area contributed by atoms with E-state index in [0.717, 1.165) is 30.1 Å². The van der Waals surface area contributed by atoms with Crippen LogP contribution in [0.4, 0.5) is 5.69 Å². The van der Waals surface area contributed by atoms with Gasteiger partial charge < -0.3 is 10.1 Å². The lowest BCUT2D eigenvalue weighted by Gasteiger charge is -2.13. The summed E-state index contributed by atoms with van der Waals surface area (Å²) in [5.74, 6) is 0.565. The number of carbonyl (C=O) groups excluding carboxylic acids is 2. The van der Waals surface area contributed by atoms with Crippen LogP contribution in [0.25, 0.3) is 0 Å². The molecule has 1 atom stereocenters. The van der Waals surface area contributed by atoms with Crippen LogP contribution in [-0.4, -0.2) is 30.2 Å². The van der Waals surface area contributed by atoms with E-state index in [9.17, 15) is 9.59 Å². The summed E-state index contributed by atoms with van der Waals surface area (Å²) in [5, 5.41) is 2.87. The summed E-state index contributed by atoms with van der Waals surface area (Å²) in [7, 11) is 0. The third-order valence-electron chi connectivity index (χ3n) is 4.13. The Kier molecular flexibility index (Phi) is 5.89. The fraction of sp³-hybridized carbons (Fsp3) is 0.300. The number of anilines is 1. The highest BCUT2D eigenvalue weighted by Crippen LogP contribution is 2.27. The third-order valence-corrected chi connectivity index (χ3v) is 5.34. The van der Waals surface area contributed by atoms with Crippen LogP contribution >= 0.6 is 11.8 Å². The van der Waals surface area contributed by atoms with Gasteiger partial charge in [0.15, 0.2) is 5.78 Å². The van der Waals surface area contributed by atoms with Gasteiger partial charge in [-0.1, -0.05) is 24.3 Å². The van der Waals surface area contributed by atoms with Gasteiger partial charge in [0.1, 0.15) is 0 Å². The van der Waals surface area contributed by atoms with Crippen LogP contribution in [0.1, 0.15) is 40.5 Å². The molecule has 0 aliphatic carbocycles. The smallest absolute Gasteiger partial charge is 0.256 e. The molecule has 2 aromatic carbocycles. The second-order valence-electron chi connectivity index (χ2n) is 6.00. The van der Waals surface area contributed by atoms with Crippen molar-refractivity contribution < 1.29 is 14.3 Å². The highest BCUT2D eigenvalue weighted by atomic mass is 32.2. The van der Waals surface area contributed by atoms with Gasteiger partial charge in [-0.05, 0) is 44.0 Å². The first-order chi connectivity index (χ1) is 12.1. The molecular weight excluding hydrogens is 334 g/mol. The minimum Gasteiger partial charge on any atom is -0.377 e. The summed E-state index contributed by atoms with van der Waals surface area (Å²) >= 11 is 1.64. The molecule has 0 saturated carbocycles. The van der Waals surface area contributed by atoms with Crippen LogP contribution in [0.5, 0.6) is 0 Å². The van der Waals surface area contributed by atoms with Crippen molar-refractivity contribution in [2.75, 3.05) is 17.7 Å². The average molecular weight is 355 g/mol. The fourth-order valence-corrected chi connectivity index (χ4v) is 3.95. The molecule has 2 aromatic rings. The van der Waals surface area contributed by atoms with Crippen LogP contribution in [0, 0.1) is 0 Å². The number of carbonyl (C=O) groups is 2. The zero-order valence-electron chi connectivity index (χ0n) is 14.2. The standard InChI is InChI=1S/C20H21NO3S/c1-14(22)16-8-2-4-10-18(16)21-20(23)17-9-3-5-11-19(17)25-13-15-7-6-12-24-15/h2-5,8-11,15H,6-7,12-13H2,1H3,(H,21,23)/t15-/m0/s1. The van der Waals surface area contributed by atoms with Crippen molar-refractivity contribution in [3.8, 4) is 0 Å². The van der Waals surface area contributed by atoms with E-state index in [0.29, 0.717) is 16.8 Å². The maximum absolute atomic E-state index is 12.7. The van der Waals surface area contributed by atoms with Gasteiger partial charge in [-0.2, -0.15) is 0 Å². The topological polar surface area (TPSA) is 55.4 Å². The maximum Gasteiger partial charge on any atom is 0.256 e. The highest BCUT2D eigenvalue weighted by Gasteiger charge is 2.18. The average Bonchev–Trinajstić information content (AvgIpc) is 3.14. The van der Waals surface area contributed by atoms with E-state index in [1.807, 2.05) is 24.3 Å². The van der Waals surface area contributed by atoms with Gasteiger partial charge in [0, 0.05) is 22.8 Å². The van der Waals surface area contributed by atoms with E-state index in [1.54, 1.807) is 36.0 Å². The molecule has 5 heteroatoms. The van der Waals surface area contributed by atoms with E-state index in [1.165, 1.54) is 6.92 Å². The molecule has 0 bridgehead atoms. The van der Waals surface area contributed by atoms with Gasteiger partial charge in [0.2, 0.25) is 0 Å². The van der Waals surface area contributed by atoms with Crippen molar-refractivity contribution in [1.29, 1.82) is 0 Å². The molecule has 0 aromatic heterocycles. The van der Waals surface area contributed by atoms with Gasteiger partial charge >= 0.3 is 0 Å². The van der Waals surface area contributed by atoms with Crippen LogP contribution < -0.4 is 5.32 Å². The first-order valence-electron chi connectivity index (χ1n) is 8.40. The Hall–Kier alpha value is -2.11. The molecule has 1 aliphatic rings. The SMILES string of the molecule is CC(=O)c1ccccc1NC(=O)c1ccccc1SC[C@@H]1CCCO1. The van der Waals surface area contributed by atoms with Crippen LogP contribution in [0.15, 0.2) is 53.4 Å². The Labute approximate surface area is 152 Å². The Balaban J connectivity index is 1.75. The molecule has 1 aliphatic heterocycles. The molecular formula is C20H21NO3S. The quantitative estimate of drug-likeness (QED) is 0.616. The molecule has 25 heavy (non-hydrogen) atoms. The number of para-hydroxylation sites is 1. The Bertz CT molecular complexity index is 769. The largest absolute Gasteiger partial charge is 0.377 e. The molecule has 1 fully saturated rings. The fourth-order valence-electron chi connectivity index (χ4n) is 2.83. The normalized spacial score (nSPS) is 16.6. The predicted octanol–water partition coefficient (Wildman–Crippen LogP) is 4.41. The second-order valence-corrected chi connectivity index (χ2v) is 7.06. The highest BCUT2D eigenvalue weighted by molar-refractivity contribution is 7.99. The van der Waals surface area contributed by atoms with E-state index in [2.05, 4.69) is 5.32 Å². The number of rotatable bonds is 6. The second kappa shape index (κ2) is 8.32. The van der Waals surface area contributed by atoms with E-state index >= 15 is 0 Å². The first-order valence-corrected chi connectivity index (χ1v) is 9.38. The van der Waals surface area contributed by atoms with Crippen molar-refractivity contribution >= 4 is 29.1 Å². The van der Waals surface area contributed by atoms with Crippen LogP contribution in [0.2, 0.25) is 0 Å². The number of amides is 1. The van der Waals surface area contributed by atoms with Gasteiger partial charge in [-0.15, -0.1) is 11.8 Å². The minimum atomic E-state index is -0.204. The zero-order chi connectivity index (χ0) is 17.6. The maximum atomic E-state index is 12.7. The molecule has 0 unspecified atom stereocenters. The first kappa shape index (κ1) is 17.7. The van der Waals surface area contributed by atoms with Gasteiger partial charge in [0.05, 0.1) is 17.4 Å². The summed E-state index contributed by atoms with van der Waals surface area (Å²) in [4.78, 5) is 25.4. The lowest BCUT2D eigenvalue weighted by molar-refractivity contribution is 0.101.